The first-order valence-electron chi connectivity index (χ1n) is 6.71. The molecule has 0 spiro atoms. The minimum atomic E-state index is -0.381. The van der Waals surface area contributed by atoms with Crippen LogP contribution in [0.2, 0.25) is 0 Å². The number of nitrogen functional groups attached to an aromatic ring is 1. The standard InChI is InChI=1S/C16H20FN3O/c1-16(2,3)21-15-13(18)9-10-14(19-15)20(4)12-7-5-11(17)6-8-12/h5-10H,18H2,1-4H3. The van der Waals surface area contributed by atoms with Gasteiger partial charge in [-0.05, 0) is 57.2 Å². The number of nitrogens with two attached hydrogens (primary N) is 1. The van der Waals surface area contributed by atoms with Crippen molar-refractivity contribution in [3.63, 3.8) is 0 Å². The van der Waals surface area contributed by atoms with Crippen LogP contribution in [0.3, 0.4) is 0 Å². The third-order valence-electron chi connectivity index (χ3n) is 2.84. The summed E-state index contributed by atoms with van der Waals surface area (Å²) in [6, 6.07) is 9.76. The van der Waals surface area contributed by atoms with Crippen LogP contribution in [0, 0.1) is 5.82 Å². The summed E-state index contributed by atoms with van der Waals surface area (Å²) < 4.78 is 18.7. The topological polar surface area (TPSA) is 51.4 Å². The van der Waals surface area contributed by atoms with E-state index in [0.29, 0.717) is 17.4 Å². The first kappa shape index (κ1) is 15.1. The molecule has 2 N–H and O–H groups in total. The quantitative estimate of drug-likeness (QED) is 0.935. The number of pyridine rings is 1. The van der Waals surface area contributed by atoms with Crippen LogP contribution < -0.4 is 15.4 Å². The molecular weight excluding hydrogens is 269 g/mol. The molecule has 112 valence electrons. The number of rotatable bonds is 3. The fourth-order valence-electron chi connectivity index (χ4n) is 1.80. The van der Waals surface area contributed by atoms with Gasteiger partial charge in [0.2, 0.25) is 5.88 Å². The molecule has 0 saturated heterocycles. The summed E-state index contributed by atoms with van der Waals surface area (Å²) in [5, 5.41) is 0. The number of nitrogens with zero attached hydrogens (tertiary/aromatic N) is 2. The van der Waals surface area contributed by atoms with Crippen molar-refractivity contribution in [2.24, 2.45) is 0 Å². The van der Waals surface area contributed by atoms with Crippen LogP contribution in [0.1, 0.15) is 20.8 Å². The van der Waals surface area contributed by atoms with Crippen molar-refractivity contribution in [2.45, 2.75) is 26.4 Å². The molecule has 1 aromatic heterocycles. The maximum Gasteiger partial charge on any atom is 0.239 e. The number of benzene rings is 1. The smallest absolute Gasteiger partial charge is 0.239 e. The number of aromatic nitrogens is 1. The third-order valence-corrected chi connectivity index (χ3v) is 2.84. The summed E-state index contributed by atoms with van der Waals surface area (Å²) in [7, 11) is 1.85. The Balaban J connectivity index is 2.31. The summed E-state index contributed by atoms with van der Waals surface area (Å²) in [6.45, 7) is 5.81. The lowest BCUT2D eigenvalue weighted by Crippen LogP contribution is -2.24. The summed E-state index contributed by atoms with van der Waals surface area (Å²) in [6.07, 6.45) is 0. The summed E-state index contributed by atoms with van der Waals surface area (Å²) in [5.74, 6) is 0.804. The van der Waals surface area contributed by atoms with Gasteiger partial charge in [0.1, 0.15) is 17.2 Å². The Kier molecular flexibility index (Phi) is 4.02. The van der Waals surface area contributed by atoms with Gasteiger partial charge in [-0.15, -0.1) is 0 Å². The summed E-state index contributed by atoms with van der Waals surface area (Å²) in [5.41, 5.74) is 6.84. The second kappa shape index (κ2) is 5.60. The predicted molar refractivity (Wildman–Crippen MR) is 83.5 cm³/mol. The largest absolute Gasteiger partial charge is 0.470 e. The van der Waals surface area contributed by atoms with Gasteiger partial charge in [-0.25, -0.2) is 4.39 Å². The Labute approximate surface area is 124 Å². The monoisotopic (exact) mass is 289 g/mol. The van der Waals surface area contributed by atoms with E-state index < -0.39 is 0 Å². The Morgan fingerprint density at radius 1 is 1.10 bits per heavy atom. The highest BCUT2D eigenvalue weighted by Gasteiger charge is 2.16. The second-order valence-electron chi connectivity index (χ2n) is 5.81. The molecule has 21 heavy (non-hydrogen) atoms. The molecular formula is C16H20FN3O. The molecule has 2 rings (SSSR count). The van der Waals surface area contributed by atoms with E-state index in [-0.39, 0.29) is 11.4 Å². The van der Waals surface area contributed by atoms with Crippen molar-refractivity contribution in [3.05, 3.63) is 42.2 Å². The average molecular weight is 289 g/mol. The molecule has 1 aromatic carbocycles. The van der Waals surface area contributed by atoms with Gasteiger partial charge < -0.3 is 15.4 Å². The highest BCUT2D eigenvalue weighted by molar-refractivity contribution is 5.62. The van der Waals surface area contributed by atoms with Gasteiger partial charge in [0, 0.05) is 12.7 Å². The number of hydrogen-bond donors (Lipinski definition) is 1. The highest BCUT2D eigenvalue weighted by Crippen LogP contribution is 2.29. The average Bonchev–Trinajstić information content (AvgIpc) is 2.40. The van der Waals surface area contributed by atoms with E-state index >= 15 is 0 Å². The van der Waals surface area contributed by atoms with Crippen LogP contribution >= 0.6 is 0 Å². The molecule has 0 aliphatic carbocycles. The van der Waals surface area contributed by atoms with Gasteiger partial charge in [0.05, 0.1) is 5.69 Å². The molecule has 0 radical (unpaired) electrons. The van der Waals surface area contributed by atoms with Crippen LogP contribution in [0.5, 0.6) is 5.88 Å². The van der Waals surface area contributed by atoms with Gasteiger partial charge in [-0.2, -0.15) is 4.98 Å². The van der Waals surface area contributed by atoms with E-state index in [0.717, 1.165) is 5.69 Å². The van der Waals surface area contributed by atoms with E-state index in [4.69, 9.17) is 10.5 Å². The molecule has 0 aliphatic rings. The molecule has 0 unspecified atom stereocenters. The molecule has 0 atom stereocenters. The van der Waals surface area contributed by atoms with Crippen LogP contribution in [-0.2, 0) is 0 Å². The Hall–Kier alpha value is -2.30. The molecule has 5 heteroatoms. The third kappa shape index (κ3) is 3.84. The second-order valence-corrected chi connectivity index (χ2v) is 5.81. The molecule has 0 aliphatic heterocycles. The summed E-state index contributed by atoms with van der Waals surface area (Å²) in [4.78, 5) is 6.28. The fourth-order valence-corrected chi connectivity index (χ4v) is 1.80. The number of halogens is 1. The van der Waals surface area contributed by atoms with E-state index in [1.54, 1.807) is 24.3 Å². The SMILES string of the molecule is CN(c1ccc(F)cc1)c1ccc(N)c(OC(C)(C)C)n1. The minimum absolute atomic E-state index is 0.269. The van der Waals surface area contributed by atoms with Gasteiger partial charge in [0.25, 0.3) is 0 Å². The number of ether oxygens (including phenoxy) is 1. The zero-order chi connectivity index (χ0) is 15.6. The van der Waals surface area contributed by atoms with Crippen LogP contribution in [0.15, 0.2) is 36.4 Å². The zero-order valence-corrected chi connectivity index (χ0v) is 12.7. The zero-order valence-electron chi connectivity index (χ0n) is 12.7. The molecule has 0 amide bonds. The molecule has 0 fully saturated rings. The van der Waals surface area contributed by atoms with Crippen molar-refractivity contribution in [2.75, 3.05) is 17.7 Å². The van der Waals surface area contributed by atoms with E-state index in [2.05, 4.69) is 4.98 Å². The lowest BCUT2D eigenvalue weighted by atomic mass is 10.2. The van der Waals surface area contributed by atoms with Gasteiger partial charge in [0.15, 0.2) is 0 Å². The maximum atomic E-state index is 13.0. The Morgan fingerprint density at radius 2 is 1.71 bits per heavy atom. The van der Waals surface area contributed by atoms with Crippen molar-refractivity contribution in [1.82, 2.24) is 4.98 Å². The van der Waals surface area contributed by atoms with Crippen molar-refractivity contribution in [3.8, 4) is 5.88 Å². The predicted octanol–water partition coefficient (Wildman–Crippen LogP) is 3.75. The number of anilines is 3. The van der Waals surface area contributed by atoms with Crippen molar-refractivity contribution in [1.29, 1.82) is 0 Å². The van der Waals surface area contributed by atoms with Crippen LogP contribution in [-0.4, -0.2) is 17.6 Å². The fraction of sp³-hybridized carbons (Fsp3) is 0.312. The van der Waals surface area contributed by atoms with Crippen molar-refractivity contribution < 1.29 is 9.13 Å². The van der Waals surface area contributed by atoms with Gasteiger partial charge in [-0.1, -0.05) is 0 Å². The molecule has 4 nitrogen and oxygen atoms in total. The van der Waals surface area contributed by atoms with Crippen molar-refractivity contribution >= 4 is 17.2 Å². The van der Waals surface area contributed by atoms with E-state index in [9.17, 15) is 4.39 Å². The maximum absolute atomic E-state index is 13.0. The number of hydrogen-bond acceptors (Lipinski definition) is 4. The first-order valence-corrected chi connectivity index (χ1v) is 6.71. The molecule has 2 aromatic rings. The van der Waals surface area contributed by atoms with Gasteiger partial charge in [-0.3, -0.25) is 0 Å². The lowest BCUT2D eigenvalue weighted by molar-refractivity contribution is 0.125. The van der Waals surface area contributed by atoms with E-state index in [1.807, 2.05) is 32.7 Å². The highest BCUT2D eigenvalue weighted by atomic mass is 19.1. The summed E-state index contributed by atoms with van der Waals surface area (Å²) >= 11 is 0. The molecule has 1 heterocycles. The minimum Gasteiger partial charge on any atom is -0.470 e. The van der Waals surface area contributed by atoms with Crippen LogP contribution in [0.4, 0.5) is 21.6 Å². The lowest BCUT2D eigenvalue weighted by Gasteiger charge is -2.24. The Bertz CT molecular complexity index is 620. The molecule has 0 saturated carbocycles. The Morgan fingerprint density at radius 3 is 2.29 bits per heavy atom. The van der Waals surface area contributed by atoms with E-state index in [1.165, 1.54) is 12.1 Å². The molecule has 0 bridgehead atoms. The first-order chi connectivity index (χ1) is 9.76. The van der Waals surface area contributed by atoms with Crippen LogP contribution in [0.25, 0.3) is 0 Å². The normalized spacial score (nSPS) is 11.3. The van der Waals surface area contributed by atoms with Gasteiger partial charge >= 0.3 is 0 Å².